The van der Waals surface area contributed by atoms with Gasteiger partial charge in [-0.15, -0.1) is 10.2 Å². The minimum atomic E-state index is -0.893. The predicted octanol–water partition coefficient (Wildman–Crippen LogP) is 4.78. The van der Waals surface area contributed by atoms with Crippen molar-refractivity contribution in [1.82, 2.24) is 10.2 Å². The molecule has 0 bridgehead atoms. The first kappa shape index (κ1) is 19.6. The van der Waals surface area contributed by atoms with Gasteiger partial charge in [-0.05, 0) is 36.8 Å². The lowest BCUT2D eigenvalue weighted by Crippen LogP contribution is -2.29. The Bertz CT molecular complexity index is 1160. The van der Waals surface area contributed by atoms with Gasteiger partial charge >= 0.3 is 5.91 Å². The van der Waals surface area contributed by atoms with E-state index in [1.54, 1.807) is 55.5 Å². The number of halogens is 2. The standard InChI is InChI=1S/C20H13Cl2N3O3S/c1-10-23-24-20(29-10)25-16(11-6-8-12(21)9-7-11)15(18(27)19(25)28)17(26)13-4-2-3-5-14(13)22/h2-9,16,26H,1H3/t16-/m1/s1. The van der Waals surface area contributed by atoms with E-state index in [1.807, 2.05) is 0 Å². The van der Waals surface area contributed by atoms with Gasteiger partial charge in [0.05, 0.1) is 16.6 Å². The van der Waals surface area contributed by atoms with Crippen LogP contribution in [0.4, 0.5) is 5.13 Å². The fourth-order valence-electron chi connectivity index (χ4n) is 3.17. The highest BCUT2D eigenvalue weighted by atomic mass is 35.5. The van der Waals surface area contributed by atoms with Crippen molar-refractivity contribution in [1.29, 1.82) is 0 Å². The Labute approximate surface area is 180 Å². The summed E-state index contributed by atoms with van der Waals surface area (Å²) in [5.74, 6) is -1.97. The predicted molar refractivity (Wildman–Crippen MR) is 112 cm³/mol. The van der Waals surface area contributed by atoms with Crippen LogP contribution in [-0.4, -0.2) is 27.0 Å². The van der Waals surface area contributed by atoms with Crippen molar-refractivity contribution >= 4 is 57.1 Å². The molecule has 146 valence electrons. The van der Waals surface area contributed by atoms with Crippen LogP contribution in [0, 0.1) is 6.92 Å². The Morgan fingerprint density at radius 3 is 2.38 bits per heavy atom. The molecule has 1 fully saturated rings. The van der Waals surface area contributed by atoms with Crippen LogP contribution in [-0.2, 0) is 9.59 Å². The van der Waals surface area contributed by atoms with Crippen LogP contribution in [0.5, 0.6) is 0 Å². The summed E-state index contributed by atoms with van der Waals surface area (Å²) in [5, 5.41) is 20.6. The van der Waals surface area contributed by atoms with Crippen molar-refractivity contribution in [2.75, 3.05) is 4.90 Å². The molecule has 1 N–H and O–H groups in total. The molecule has 0 saturated carbocycles. The molecule has 1 aliphatic heterocycles. The van der Waals surface area contributed by atoms with Gasteiger partial charge in [0.2, 0.25) is 5.13 Å². The number of amides is 1. The molecule has 1 aromatic heterocycles. The molecule has 4 rings (SSSR count). The highest BCUT2D eigenvalue weighted by molar-refractivity contribution is 7.15. The molecule has 0 radical (unpaired) electrons. The Kier molecular flexibility index (Phi) is 5.12. The van der Waals surface area contributed by atoms with E-state index in [0.29, 0.717) is 15.6 Å². The normalized spacial score (nSPS) is 18.4. The van der Waals surface area contributed by atoms with Gasteiger partial charge in [-0.2, -0.15) is 0 Å². The van der Waals surface area contributed by atoms with Crippen LogP contribution >= 0.6 is 34.5 Å². The Hall–Kier alpha value is -2.74. The molecule has 6 nitrogen and oxygen atoms in total. The fourth-order valence-corrected chi connectivity index (χ4v) is 4.24. The molecule has 9 heteroatoms. The molecule has 0 aliphatic carbocycles. The van der Waals surface area contributed by atoms with Crippen molar-refractivity contribution in [3.8, 4) is 0 Å². The van der Waals surface area contributed by atoms with Crippen LogP contribution in [0.3, 0.4) is 0 Å². The zero-order valence-electron chi connectivity index (χ0n) is 15.0. The second kappa shape index (κ2) is 7.59. The van der Waals surface area contributed by atoms with Crippen molar-refractivity contribution in [3.63, 3.8) is 0 Å². The number of anilines is 1. The molecule has 3 aromatic rings. The van der Waals surface area contributed by atoms with E-state index < -0.39 is 17.7 Å². The van der Waals surface area contributed by atoms with Gasteiger partial charge in [0, 0.05) is 10.6 Å². The number of aliphatic hydroxyl groups is 1. The third kappa shape index (κ3) is 3.42. The third-order valence-corrected chi connectivity index (χ3v) is 5.90. The van der Waals surface area contributed by atoms with E-state index in [0.717, 1.165) is 0 Å². The highest BCUT2D eigenvalue weighted by Gasteiger charge is 2.48. The number of hydrogen-bond donors (Lipinski definition) is 1. The first-order valence-corrected chi connectivity index (χ1v) is 10.1. The monoisotopic (exact) mass is 445 g/mol. The minimum Gasteiger partial charge on any atom is -0.507 e. The molecule has 1 atom stereocenters. The highest BCUT2D eigenvalue weighted by Crippen LogP contribution is 2.43. The van der Waals surface area contributed by atoms with Crippen LogP contribution in [0.25, 0.3) is 5.76 Å². The maximum atomic E-state index is 13.0. The molecule has 2 aromatic carbocycles. The van der Waals surface area contributed by atoms with E-state index >= 15 is 0 Å². The van der Waals surface area contributed by atoms with Gasteiger partial charge in [0.25, 0.3) is 5.78 Å². The van der Waals surface area contributed by atoms with Gasteiger partial charge in [-0.25, -0.2) is 0 Å². The molecular formula is C20H13Cl2N3O3S. The lowest BCUT2D eigenvalue weighted by molar-refractivity contribution is -0.132. The zero-order valence-corrected chi connectivity index (χ0v) is 17.3. The van der Waals surface area contributed by atoms with E-state index in [9.17, 15) is 14.7 Å². The number of hydrogen-bond acceptors (Lipinski definition) is 6. The number of carbonyl (C=O) groups excluding carboxylic acids is 2. The molecule has 1 amide bonds. The quantitative estimate of drug-likeness (QED) is 0.356. The summed E-state index contributed by atoms with van der Waals surface area (Å²) < 4.78 is 0. The lowest BCUT2D eigenvalue weighted by Gasteiger charge is -2.22. The van der Waals surface area contributed by atoms with Gasteiger partial charge in [-0.3, -0.25) is 14.5 Å². The molecule has 2 heterocycles. The number of aromatic nitrogens is 2. The Morgan fingerprint density at radius 1 is 1.07 bits per heavy atom. The van der Waals surface area contributed by atoms with Crippen molar-refractivity contribution in [2.24, 2.45) is 0 Å². The summed E-state index contributed by atoms with van der Waals surface area (Å²) in [4.78, 5) is 27.1. The lowest BCUT2D eigenvalue weighted by atomic mass is 9.95. The number of benzene rings is 2. The van der Waals surface area contributed by atoms with E-state index in [1.165, 1.54) is 16.2 Å². The first-order chi connectivity index (χ1) is 13.9. The summed E-state index contributed by atoms with van der Waals surface area (Å²) in [6.07, 6.45) is 0. The number of aliphatic hydroxyl groups excluding tert-OH is 1. The van der Waals surface area contributed by atoms with Crippen LogP contribution in [0.1, 0.15) is 22.2 Å². The Balaban J connectivity index is 1.96. The van der Waals surface area contributed by atoms with Crippen LogP contribution in [0.2, 0.25) is 10.0 Å². The number of Topliss-reactive ketones (excluding diaryl/α,β-unsaturated/α-hetero) is 1. The largest absolute Gasteiger partial charge is 0.507 e. The summed E-state index contributed by atoms with van der Waals surface area (Å²) in [6, 6.07) is 12.4. The summed E-state index contributed by atoms with van der Waals surface area (Å²) in [7, 11) is 0. The third-order valence-electron chi connectivity index (χ3n) is 4.48. The van der Waals surface area contributed by atoms with E-state index in [2.05, 4.69) is 10.2 Å². The van der Waals surface area contributed by atoms with Gasteiger partial charge in [0.1, 0.15) is 10.8 Å². The molecular weight excluding hydrogens is 433 g/mol. The second-order valence-corrected chi connectivity index (χ2v) is 8.31. The number of nitrogens with zero attached hydrogens (tertiary/aromatic N) is 3. The molecule has 0 unspecified atom stereocenters. The SMILES string of the molecule is Cc1nnc(N2C(=O)C(=O)C(=C(O)c3ccccc3Cl)[C@H]2c2ccc(Cl)cc2)s1. The topological polar surface area (TPSA) is 83.4 Å². The summed E-state index contributed by atoms with van der Waals surface area (Å²) in [6.45, 7) is 1.75. The van der Waals surface area contributed by atoms with Crippen molar-refractivity contribution in [3.05, 3.63) is 80.3 Å². The maximum Gasteiger partial charge on any atom is 0.301 e. The number of rotatable bonds is 3. The van der Waals surface area contributed by atoms with Crippen molar-refractivity contribution in [2.45, 2.75) is 13.0 Å². The van der Waals surface area contributed by atoms with E-state index in [-0.39, 0.29) is 27.0 Å². The van der Waals surface area contributed by atoms with Gasteiger partial charge in [0.15, 0.2) is 0 Å². The molecule has 29 heavy (non-hydrogen) atoms. The van der Waals surface area contributed by atoms with Crippen molar-refractivity contribution < 1.29 is 14.7 Å². The van der Waals surface area contributed by atoms with E-state index in [4.69, 9.17) is 23.2 Å². The van der Waals surface area contributed by atoms with Gasteiger partial charge in [-0.1, -0.05) is 58.8 Å². The number of ketones is 1. The fraction of sp³-hybridized carbons (Fsp3) is 0.100. The van der Waals surface area contributed by atoms with Gasteiger partial charge < -0.3 is 5.11 Å². The smallest absolute Gasteiger partial charge is 0.301 e. The maximum absolute atomic E-state index is 13.0. The average molecular weight is 446 g/mol. The number of aryl methyl sites for hydroxylation is 1. The average Bonchev–Trinajstić information content (AvgIpc) is 3.24. The number of carbonyl (C=O) groups is 2. The molecule has 0 spiro atoms. The Morgan fingerprint density at radius 2 is 1.76 bits per heavy atom. The molecule has 1 saturated heterocycles. The summed E-state index contributed by atoms with van der Waals surface area (Å²) >= 11 is 13.4. The van der Waals surface area contributed by atoms with Crippen LogP contribution in [0.15, 0.2) is 54.1 Å². The van der Waals surface area contributed by atoms with Crippen LogP contribution < -0.4 is 4.90 Å². The minimum absolute atomic E-state index is 0.0710. The molecule has 1 aliphatic rings. The summed E-state index contributed by atoms with van der Waals surface area (Å²) in [5.41, 5.74) is 0.785. The second-order valence-electron chi connectivity index (χ2n) is 6.30. The zero-order chi connectivity index (χ0) is 20.7. The first-order valence-electron chi connectivity index (χ1n) is 8.50.